The van der Waals surface area contributed by atoms with Crippen molar-refractivity contribution >= 4 is 42.6 Å². The van der Waals surface area contributed by atoms with Gasteiger partial charge in [0.25, 0.3) is 5.91 Å². The van der Waals surface area contributed by atoms with Crippen molar-refractivity contribution in [1.29, 1.82) is 0 Å². The van der Waals surface area contributed by atoms with Crippen LogP contribution in [0.25, 0.3) is 10.2 Å². The minimum Gasteiger partial charge on any atom is -0.483 e. The smallest absolute Gasteiger partial charge is 0.258 e. The van der Waals surface area contributed by atoms with Gasteiger partial charge in [0.1, 0.15) is 5.75 Å². The maximum Gasteiger partial charge on any atom is 0.258 e. The van der Waals surface area contributed by atoms with Crippen molar-refractivity contribution in [2.45, 2.75) is 70.1 Å². The second kappa shape index (κ2) is 16.2. The molecule has 3 N–H and O–H groups in total. The van der Waals surface area contributed by atoms with Gasteiger partial charge in [0.15, 0.2) is 11.7 Å². The molecule has 0 radical (unpaired) electrons. The van der Waals surface area contributed by atoms with Crippen molar-refractivity contribution in [1.82, 2.24) is 14.6 Å². The molecule has 258 valence electrons. The largest absolute Gasteiger partial charge is 0.483 e. The van der Waals surface area contributed by atoms with Gasteiger partial charge in [-0.1, -0.05) is 73.7 Å². The Morgan fingerprint density at radius 3 is 2.52 bits per heavy atom. The van der Waals surface area contributed by atoms with E-state index in [2.05, 4.69) is 15.6 Å². The van der Waals surface area contributed by atoms with Crippen molar-refractivity contribution in [3.05, 3.63) is 83.4 Å². The molecular weight excluding hydrogens is 649 g/mol. The van der Waals surface area contributed by atoms with E-state index in [0.717, 1.165) is 40.8 Å². The average molecular weight is 695 g/mol. The highest BCUT2D eigenvalue weighted by atomic mass is 32.2. The molecule has 3 atom stereocenters. The number of sulfonamides is 1. The van der Waals surface area contributed by atoms with Crippen LogP contribution >= 0.6 is 11.3 Å². The first-order chi connectivity index (χ1) is 23.0. The highest BCUT2D eigenvalue weighted by Crippen LogP contribution is 2.30. The summed E-state index contributed by atoms with van der Waals surface area (Å²) in [4.78, 5) is 17.9. The third kappa shape index (κ3) is 9.32. The number of benzene rings is 3. The molecule has 1 aliphatic rings. The van der Waals surface area contributed by atoms with Gasteiger partial charge in [-0.3, -0.25) is 4.79 Å². The Hall–Kier alpha value is -3.55. The van der Waals surface area contributed by atoms with Crippen molar-refractivity contribution in [2.75, 3.05) is 38.2 Å². The molecule has 0 bridgehead atoms. The summed E-state index contributed by atoms with van der Waals surface area (Å²) in [5, 5.41) is 18.6. The van der Waals surface area contributed by atoms with Crippen LogP contribution in [0.3, 0.4) is 0 Å². The summed E-state index contributed by atoms with van der Waals surface area (Å²) in [6.07, 6.45) is 1.32. The number of aromatic nitrogens is 1. The van der Waals surface area contributed by atoms with Gasteiger partial charge in [-0.15, -0.1) is 0 Å². The molecule has 1 aromatic heterocycles. The van der Waals surface area contributed by atoms with Gasteiger partial charge in [0, 0.05) is 26.2 Å². The lowest BCUT2D eigenvalue weighted by Crippen LogP contribution is -2.52. The summed E-state index contributed by atoms with van der Waals surface area (Å²) in [6, 6.07) is 19.4. The Morgan fingerprint density at radius 2 is 1.83 bits per heavy atom. The summed E-state index contributed by atoms with van der Waals surface area (Å²) in [7, 11) is -4.01. The molecule has 2 heterocycles. The first-order valence-corrected chi connectivity index (χ1v) is 18.7. The Kier molecular flexibility index (Phi) is 12.1. The van der Waals surface area contributed by atoms with Crippen molar-refractivity contribution in [3.63, 3.8) is 0 Å². The number of hydrogen-bond acceptors (Lipinski definition) is 9. The third-order valence-electron chi connectivity index (χ3n) is 8.33. The monoisotopic (exact) mass is 694 g/mol. The van der Waals surface area contributed by atoms with E-state index in [1.54, 1.807) is 18.2 Å². The normalized spacial score (nSPS) is 16.4. The molecule has 48 heavy (non-hydrogen) atoms. The molecule has 12 heteroatoms. The fourth-order valence-corrected chi connectivity index (χ4v) is 8.51. The van der Waals surface area contributed by atoms with E-state index in [4.69, 9.17) is 9.47 Å². The highest BCUT2D eigenvalue weighted by molar-refractivity contribution is 7.89. The summed E-state index contributed by atoms with van der Waals surface area (Å²) >= 11 is 1.40. The predicted molar refractivity (Wildman–Crippen MR) is 190 cm³/mol. The topological polar surface area (TPSA) is 130 Å². The summed E-state index contributed by atoms with van der Waals surface area (Å²) in [5.74, 6) is 0.224. The van der Waals surface area contributed by atoms with Crippen LogP contribution < -0.4 is 15.4 Å². The number of hydrogen-bond donors (Lipinski definition) is 3. The van der Waals surface area contributed by atoms with Gasteiger partial charge in [0.2, 0.25) is 10.0 Å². The zero-order valence-corrected chi connectivity index (χ0v) is 29.6. The number of carbonyl (C=O) groups excluding carboxylic acids is 1. The number of nitrogens with zero attached hydrogens (tertiary/aromatic N) is 2. The Bertz CT molecular complexity index is 1750. The molecule has 10 nitrogen and oxygen atoms in total. The van der Waals surface area contributed by atoms with Crippen LogP contribution in [0, 0.1) is 19.8 Å². The number of amides is 1. The molecule has 1 unspecified atom stereocenters. The van der Waals surface area contributed by atoms with Crippen molar-refractivity contribution in [3.8, 4) is 5.75 Å². The lowest BCUT2D eigenvalue weighted by Gasteiger charge is -2.30. The first-order valence-electron chi connectivity index (χ1n) is 16.5. The fourth-order valence-electron chi connectivity index (χ4n) is 5.87. The average Bonchev–Trinajstić information content (AvgIpc) is 3.72. The predicted octanol–water partition coefficient (Wildman–Crippen LogP) is 5.32. The van der Waals surface area contributed by atoms with Crippen LogP contribution in [0.15, 0.2) is 71.6 Å². The van der Waals surface area contributed by atoms with E-state index in [9.17, 15) is 18.3 Å². The van der Waals surface area contributed by atoms with Crippen LogP contribution in [-0.2, 0) is 26.0 Å². The lowest BCUT2D eigenvalue weighted by atomic mass is 10.0. The molecule has 0 spiro atoms. The lowest BCUT2D eigenvalue weighted by molar-refractivity contribution is -0.124. The third-order valence-corrected chi connectivity index (χ3v) is 11.1. The molecule has 1 fully saturated rings. The zero-order valence-electron chi connectivity index (χ0n) is 28.0. The molecule has 3 aromatic carbocycles. The molecule has 1 saturated heterocycles. The number of ether oxygens (including phenoxy) is 2. The van der Waals surface area contributed by atoms with Gasteiger partial charge in [-0.25, -0.2) is 13.4 Å². The number of aliphatic hydroxyl groups is 1. The van der Waals surface area contributed by atoms with E-state index in [1.807, 2.05) is 76.2 Å². The van der Waals surface area contributed by atoms with E-state index in [-0.39, 0.29) is 36.6 Å². The molecule has 0 saturated carbocycles. The number of anilines is 1. The van der Waals surface area contributed by atoms with E-state index >= 15 is 0 Å². The maximum absolute atomic E-state index is 14.1. The van der Waals surface area contributed by atoms with Gasteiger partial charge < -0.3 is 25.2 Å². The van der Waals surface area contributed by atoms with Gasteiger partial charge >= 0.3 is 0 Å². The summed E-state index contributed by atoms with van der Waals surface area (Å²) in [6.45, 7) is 8.88. The number of para-hydroxylation sites is 1. The molecule has 1 amide bonds. The number of fused-ring (bicyclic) bond motifs is 1. The second-order valence-electron chi connectivity index (χ2n) is 12.8. The van der Waals surface area contributed by atoms with Crippen LogP contribution in [0.2, 0.25) is 0 Å². The number of aryl methyl sites for hydroxylation is 2. The second-order valence-corrected chi connectivity index (χ2v) is 15.8. The molecule has 0 aliphatic carbocycles. The number of thiazole rings is 1. The highest BCUT2D eigenvalue weighted by Gasteiger charge is 2.32. The van der Waals surface area contributed by atoms with Crippen LogP contribution in [0.5, 0.6) is 5.75 Å². The number of carbonyl (C=O) groups is 1. The quantitative estimate of drug-likeness (QED) is 0.144. The molecular formula is C36H46N4O6S2. The zero-order chi connectivity index (χ0) is 34.3. The van der Waals surface area contributed by atoms with Crippen LogP contribution in [-0.4, -0.2) is 79.8 Å². The maximum atomic E-state index is 14.1. The van der Waals surface area contributed by atoms with Crippen molar-refractivity contribution in [2.24, 2.45) is 5.92 Å². The Labute approximate surface area is 287 Å². The van der Waals surface area contributed by atoms with E-state index in [1.165, 1.54) is 15.6 Å². The number of aliphatic hydroxyl groups excluding tert-OH is 1. The Morgan fingerprint density at radius 1 is 1.08 bits per heavy atom. The number of nitrogens with one attached hydrogen (secondary N) is 2. The van der Waals surface area contributed by atoms with E-state index in [0.29, 0.717) is 29.4 Å². The van der Waals surface area contributed by atoms with Crippen molar-refractivity contribution < 1.29 is 27.8 Å². The van der Waals surface area contributed by atoms with Gasteiger partial charge in [-0.05, 0) is 73.9 Å². The van der Waals surface area contributed by atoms with Gasteiger partial charge in [0.05, 0.1) is 33.4 Å². The minimum absolute atomic E-state index is 0.0133. The molecule has 1 aliphatic heterocycles. The SMILES string of the molecule is Cc1cccc(C)c1OCC(=O)N[C@@H](Cc1ccccc1)[C@H](O)CN(CC(C)C)S(=O)(=O)c1ccc2nc(NCC3CCCO3)sc2c1. The first kappa shape index (κ1) is 35.7. The van der Waals surface area contributed by atoms with Crippen LogP contribution in [0.1, 0.15) is 43.4 Å². The summed E-state index contributed by atoms with van der Waals surface area (Å²) < 4.78 is 41.9. The molecule has 5 rings (SSSR count). The van der Waals surface area contributed by atoms with Crippen LogP contribution in [0.4, 0.5) is 5.13 Å². The number of rotatable bonds is 16. The fraction of sp³-hybridized carbons (Fsp3) is 0.444. The summed E-state index contributed by atoms with van der Waals surface area (Å²) in [5.41, 5.74) is 3.44. The van der Waals surface area contributed by atoms with E-state index < -0.39 is 28.1 Å². The molecule has 4 aromatic rings. The Balaban J connectivity index is 1.33. The van der Waals surface area contributed by atoms with Gasteiger partial charge in [-0.2, -0.15) is 4.31 Å². The minimum atomic E-state index is -4.01. The standard InChI is InChI=1S/C36H46N4O6S2/c1-24(2)21-40(48(43,44)29-15-16-30-33(19-29)47-36(39-30)37-20-28-14-9-17-45-28)22-32(41)31(18-27-12-6-5-7-13-27)38-34(42)23-46-35-25(3)10-8-11-26(35)4/h5-8,10-13,15-16,19,24,28,31-32,41H,9,14,17-18,20-23H2,1-4H3,(H,37,39)(H,38,42)/t28?,31-,32+/m0/s1.